The van der Waals surface area contributed by atoms with Crippen LogP contribution < -0.4 is 10.1 Å². The van der Waals surface area contributed by atoms with E-state index in [1.807, 2.05) is 0 Å². The zero-order valence-corrected chi connectivity index (χ0v) is 38.4. The topological polar surface area (TPSA) is 223 Å². The number of methoxy groups -OCH3 is 1. The van der Waals surface area contributed by atoms with E-state index in [0.29, 0.717) is 0 Å². The van der Waals surface area contributed by atoms with Gasteiger partial charge >= 0.3 is 11.8 Å². The molecule has 0 radical (unpaired) electrons. The molecule has 9 atom stereocenters. The van der Waals surface area contributed by atoms with Crippen LogP contribution in [0.3, 0.4) is 0 Å². The van der Waals surface area contributed by atoms with Crippen molar-refractivity contribution < 1.29 is 63.7 Å². The highest BCUT2D eigenvalue weighted by molar-refractivity contribution is 6.23. The largest absolute Gasteiger partial charge is 0.507 e. The Balaban J connectivity index is 1.85. The van der Waals surface area contributed by atoms with Gasteiger partial charge in [-0.2, -0.15) is 0 Å². The average molecular weight is 881 g/mol. The molecule has 5 bridgehead atoms. The Hall–Kier alpha value is -5.12. The number of allylic oxidation sites excluding steroid dienone is 2. The molecule has 15 heteroatoms. The monoisotopic (exact) mass is 880 g/mol. The summed E-state index contributed by atoms with van der Waals surface area (Å²) >= 11 is 0. The number of fused-ring (bicyclic) bond motifs is 14. The first-order chi connectivity index (χ1) is 29.8. The van der Waals surface area contributed by atoms with E-state index in [1.54, 1.807) is 39.8 Å². The molecule has 0 aromatic heterocycles. The van der Waals surface area contributed by atoms with Gasteiger partial charge in [-0.15, -0.1) is 0 Å². The number of phenolic OH excluding ortho intramolecular Hbond substituents is 3. The Morgan fingerprint density at radius 2 is 1.54 bits per heavy atom. The second-order valence-corrected chi connectivity index (χ2v) is 17.2. The van der Waals surface area contributed by atoms with E-state index in [1.165, 1.54) is 78.9 Å². The number of phenols is 3. The van der Waals surface area contributed by atoms with Crippen LogP contribution in [0, 0.1) is 30.6 Å². The van der Waals surface area contributed by atoms with Gasteiger partial charge in [0.15, 0.2) is 5.75 Å². The van der Waals surface area contributed by atoms with Crippen molar-refractivity contribution in [2.24, 2.45) is 28.8 Å². The number of oxime groups is 1. The highest BCUT2D eigenvalue weighted by atomic mass is 16.7. The fourth-order valence-corrected chi connectivity index (χ4v) is 8.32. The summed E-state index contributed by atoms with van der Waals surface area (Å²) in [6, 6.07) is 0. The van der Waals surface area contributed by atoms with Crippen molar-refractivity contribution in [3.63, 3.8) is 0 Å². The molecule has 6 N–H and O–H groups in total. The van der Waals surface area contributed by atoms with Crippen molar-refractivity contribution >= 4 is 40.3 Å². The number of unbranched alkanes of at least 4 members (excludes halogenated alkanes) is 7. The number of benzene rings is 2. The van der Waals surface area contributed by atoms with Crippen LogP contribution in [0.2, 0.25) is 0 Å². The standard InChI is InChI=1S/C48H68N2O13/c1-11-12-13-14-15-16-17-18-23-61-49-25-33-38-43(56)36-35(42(33)55)37-45(31(7)41(36)54)63-48(9,46(37)57)60-24-22-34(59-10)28(4)44(62-32(8)51)30(6)40(53)29(5)39(52)26(2)20-19-21-27(3)47(58)50-38/h19-22,24-26,28-30,34,39-40,44,52-56H,11-18,23H2,1-10H3,(H,50,58)/t26-,28-,29+,30+,34-,39+,40+,44-,48-/m0/s1. The van der Waals surface area contributed by atoms with Crippen LogP contribution in [0.5, 0.6) is 23.0 Å². The maximum Gasteiger partial charge on any atom is 0.312 e. The molecule has 0 aliphatic carbocycles. The van der Waals surface area contributed by atoms with Crippen LogP contribution >= 0.6 is 0 Å². The molecule has 0 saturated carbocycles. The van der Waals surface area contributed by atoms with Crippen LogP contribution in [0.1, 0.15) is 128 Å². The fourth-order valence-electron chi connectivity index (χ4n) is 8.32. The van der Waals surface area contributed by atoms with Crippen molar-refractivity contribution in [2.45, 2.75) is 144 Å². The lowest BCUT2D eigenvalue weighted by Gasteiger charge is -2.38. The molecular weight excluding hydrogens is 813 g/mol. The van der Waals surface area contributed by atoms with E-state index in [0.717, 1.165) is 31.9 Å². The van der Waals surface area contributed by atoms with Gasteiger partial charge in [-0.1, -0.05) is 96.5 Å². The fraction of sp³-hybridized carbons (Fsp3) is 0.583. The first-order valence-corrected chi connectivity index (χ1v) is 22.1. The number of amides is 1. The predicted octanol–water partition coefficient (Wildman–Crippen LogP) is 8.25. The molecule has 0 unspecified atom stereocenters. The number of nitrogens with zero attached hydrogens (tertiary/aromatic N) is 1. The van der Waals surface area contributed by atoms with Gasteiger partial charge < -0.3 is 54.6 Å². The molecule has 3 heterocycles. The van der Waals surface area contributed by atoms with E-state index in [4.69, 9.17) is 23.8 Å². The van der Waals surface area contributed by atoms with Crippen molar-refractivity contribution in [3.8, 4) is 23.0 Å². The van der Waals surface area contributed by atoms with Crippen LogP contribution in [-0.4, -0.2) is 93.3 Å². The lowest BCUT2D eigenvalue weighted by molar-refractivity contribution is -0.160. The van der Waals surface area contributed by atoms with E-state index < -0.39 is 88.8 Å². The van der Waals surface area contributed by atoms with Gasteiger partial charge in [0.1, 0.15) is 30.0 Å². The number of hydrogen-bond acceptors (Lipinski definition) is 14. The Kier molecular flexibility index (Phi) is 18.0. The molecule has 348 valence electrons. The number of rotatable bonds is 13. The van der Waals surface area contributed by atoms with Crippen LogP contribution in [0.15, 0.2) is 41.3 Å². The number of hydrogen-bond donors (Lipinski definition) is 6. The number of aromatic hydroxyl groups is 3. The third kappa shape index (κ3) is 11.5. The minimum Gasteiger partial charge on any atom is -0.507 e. The van der Waals surface area contributed by atoms with Gasteiger partial charge in [-0.25, -0.2) is 0 Å². The number of carbonyl (C=O) groups is 3. The molecule has 0 saturated heterocycles. The first-order valence-electron chi connectivity index (χ1n) is 22.1. The van der Waals surface area contributed by atoms with Crippen molar-refractivity contribution in [2.75, 3.05) is 19.0 Å². The molecule has 2 aromatic carbocycles. The summed E-state index contributed by atoms with van der Waals surface area (Å²) in [5.74, 6) is -8.54. The van der Waals surface area contributed by atoms with Gasteiger partial charge in [0, 0.05) is 61.2 Å². The summed E-state index contributed by atoms with van der Waals surface area (Å²) in [5, 5.41) is 64.5. The number of aliphatic hydroxyl groups is 2. The van der Waals surface area contributed by atoms with Gasteiger partial charge in [0.05, 0.1) is 53.0 Å². The van der Waals surface area contributed by atoms with E-state index >= 15 is 0 Å². The van der Waals surface area contributed by atoms with Gasteiger partial charge in [-0.05, 0) is 32.8 Å². The zero-order chi connectivity index (χ0) is 46.8. The number of Topliss-reactive ketones (excluding diaryl/α,β-unsaturated/α-hetero) is 1. The van der Waals surface area contributed by atoms with Crippen molar-refractivity contribution in [1.29, 1.82) is 0 Å². The predicted molar refractivity (Wildman–Crippen MR) is 240 cm³/mol. The lowest BCUT2D eigenvalue weighted by atomic mass is 9.78. The van der Waals surface area contributed by atoms with Gasteiger partial charge in [-0.3, -0.25) is 14.4 Å². The van der Waals surface area contributed by atoms with E-state index in [-0.39, 0.29) is 51.1 Å². The summed E-state index contributed by atoms with van der Waals surface area (Å²) in [6.07, 6.45) is 13.3. The molecule has 0 fully saturated rings. The maximum absolute atomic E-state index is 14.4. The third-order valence-corrected chi connectivity index (χ3v) is 12.4. The molecule has 5 rings (SSSR count). The van der Waals surface area contributed by atoms with Gasteiger partial charge in [0.2, 0.25) is 0 Å². The summed E-state index contributed by atoms with van der Waals surface area (Å²) < 4.78 is 23.6. The summed E-state index contributed by atoms with van der Waals surface area (Å²) in [4.78, 5) is 46.1. The number of esters is 1. The molecule has 0 spiro atoms. The summed E-state index contributed by atoms with van der Waals surface area (Å²) in [7, 11) is 1.43. The van der Waals surface area contributed by atoms with Crippen molar-refractivity contribution in [1.82, 2.24) is 0 Å². The minimum absolute atomic E-state index is 0.0432. The third-order valence-electron chi connectivity index (χ3n) is 12.4. The normalized spacial score (nSPS) is 27.1. The smallest absolute Gasteiger partial charge is 0.312 e. The quantitative estimate of drug-likeness (QED) is 0.0279. The average Bonchev–Trinajstić information content (AvgIpc) is 3.51. The van der Waals surface area contributed by atoms with Crippen molar-refractivity contribution in [3.05, 3.63) is 52.8 Å². The Bertz CT molecular complexity index is 2080. The summed E-state index contributed by atoms with van der Waals surface area (Å²) in [5.41, 5.74) is -0.533. The minimum atomic E-state index is -2.06. The number of carbonyl (C=O) groups excluding carboxylic acids is 3. The maximum atomic E-state index is 14.4. The molecule has 3 aliphatic rings. The highest BCUT2D eigenvalue weighted by Gasteiger charge is 2.50. The highest BCUT2D eigenvalue weighted by Crippen LogP contribution is 2.55. The second kappa shape index (κ2) is 22.5. The van der Waals surface area contributed by atoms with E-state index in [9.17, 15) is 39.9 Å². The SMILES string of the molecule is CCCCCCCCCCON=Cc1c2c(O)c3c(O)c(C)c4c(c3c1O)C(=O)[C@@](C)(OC=C[C@H](OC)[C@H](C)[C@H](OC(C)=O)[C@H](C)[C@H](O)[C@H](C)[C@H](O)[C@@H](C)C=CC=C(C)C(=O)N2)O4. The zero-order valence-electron chi connectivity index (χ0n) is 38.4. The number of nitrogens with one attached hydrogen (secondary N) is 1. The summed E-state index contributed by atoms with van der Waals surface area (Å²) in [6.45, 7) is 14.9. The van der Waals surface area contributed by atoms with Gasteiger partial charge in [0.25, 0.3) is 11.7 Å². The number of anilines is 1. The molecule has 3 aliphatic heterocycles. The lowest BCUT2D eigenvalue weighted by Crippen LogP contribution is -2.46. The van der Waals surface area contributed by atoms with Crippen LogP contribution in [0.4, 0.5) is 5.69 Å². The molecule has 2 aromatic rings. The van der Waals surface area contributed by atoms with E-state index in [2.05, 4.69) is 17.4 Å². The number of ether oxygens (including phenoxy) is 4. The molecule has 1 amide bonds. The molecule has 63 heavy (non-hydrogen) atoms. The number of aliphatic hydroxyl groups excluding tert-OH is 2. The first kappa shape index (κ1) is 50.5. The Labute approximate surface area is 370 Å². The molecule has 15 nitrogen and oxygen atoms in total. The second-order valence-electron chi connectivity index (χ2n) is 17.2. The number of ketones is 1. The Morgan fingerprint density at radius 1 is 0.889 bits per heavy atom. The Morgan fingerprint density at radius 3 is 2.17 bits per heavy atom. The van der Waals surface area contributed by atoms with Crippen LogP contribution in [-0.2, 0) is 28.6 Å². The molecular formula is C48H68N2O13. The van der Waals surface area contributed by atoms with Crippen LogP contribution in [0.25, 0.3) is 10.8 Å².